The summed E-state index contributed by atoms with van der Waals surface area (Å²) >= 11 is 0. The number of carbonyl (C=O) groups is 2. The molecular formula is C17H18N2O2. The highest BCUT2D eigenvalue weighted by Crippen LogP contribution is 2.26. The number of imide groups is 1. The van der Waals surface area contributed by atoms with E-state index in [4.69, 9.17) is 0 Å². The van der Waals surface area contributed by atoms with Gasteiger partial charge in [0.25, 0.3) is 5.91 Å². The van der Waals surface area contributed by atoms with Crippen LogP contribution >= 0.6 is 0 Å². The first kappa shape index (κ1) is 13.6. The predicted octanol–water partition coefficient (Wildman–Crippen LogP) is 2.79. The Hall–Kier alpha value is -2.36. The summed E-state index contributed by atoms with van der Waals surface area (Å²) in [5.74, 6) is -0.240. The molecule has 1 aliphatic rings. The maximum Gasteiger partial charge on any atom is 0.252 e. The number of likely N-dealkylation sites (tertiary alicyclic amines) is 1. The number of amides is 2. The summed E-state index contributed by atoms with van der Waals surface area (Å²) in [6, 6.07) is 13.4. The van der Waals surface area contributed by atoms with Gasteiger partial charge in [-0.05, 0) is 25.3 Å². The molecule has 0 aliphatic carbocycles. The van der Waals surface area contributed by atoms with Gasteiger partial charge in [0.1, 0.15) is 6.04 Å². The molecule has 1 unspecified atom stereocenters. The van der Waals surface area contributed by atoms with Gasteiger partial charge < -0.3 is 5.32 Å². The number of rotatable bonds is 3. The molecule has 1 fully saturated rings. The molecule has 1 aliphatic heterocycles. The third-order valence-corrected chi connectivity index (χ3v) is 3.82. The van der Waals surface area contributed by atoms with E-state index in [9.17, 15) is 9.59 Å². The quantitative estimate of drug-likeness (QED) is 0.881. The van der Waals surface area contributed by atoms with E-state index in [0.717, 1.165) is 16.5 Å². The molecule has 1 saturated heterocycles. The highest BCUT2D eigenvalue weighted by atomic mass is 16.2. The molecule has 2 amide bonds. The molecule has 0 saturated carbocycles. The third kappa shape index (κ3) is 2.37. The summed E-state index contributed by atoms with van der Waals surface area (Å²) in [4.78, 5) is 25.6. The zero-order valence-electron chi connectivity index (χ0n) is 12.2. The normalized spacial score (nSPS) is 18.8. The van der Waals surface area contributed by atoms with Crippen LogP contribution in [0.4, 0.5) is 5.69 Å². The summed E-state index contributed by atoms with van der Waals surface area (Å²) in [6.07, 6.45) is 0.222. The van der Waals surface area contributed by atoms with Gasteiger partial charge in [0.15, 0.2) is 0 Å². The van der Waals surface area contributed by atoms with Crippen LogP contribution in [0.5, 0.6) is 0 Å². The number of nitrogens with one attached hydrogen (secondary N) is 1. The Bertz CT molecular complexity index is 704. The number of anilines is 1. The second-order valence-corrected chi connectivity index (χ2v) is 5.62. The molecule has 0 radical (unpaired) electrons. The van der Waals surface area contributed by atoms with E-state index >= 15 is 0 Å². The molecule has 0 spiro atoms. The Labute approximate surface area is 123 Å². The summed E-state index contributed by atoms with van der Waals surface area (Å²) < 4.78 is 0. The fraction of sp³-hybridized carbons (Fsp3) is 0.294. The van der Waals surface area contributed by atoms with Crippen LogP contribution in [0.1, 0.15) is 20.3 Å². The van der Waals surface area contributed by atoms with Crippen LogP contribution in [0.25, 0.3) is 10.8 Å². The number of hydrogen-bond donors (Lipinski definition) is 1. The number of benzene rings is 2. The van der Waals surface area contributed by atoms with E-state index in [-0.39, 0.29) is 24.3 Å². The molecule has 0 aromatic heterocycles. The van der Waals surface area contributed by atoms with Crippen LogP contribution in [-0.2, 0) is 9.59 Å². The van der Waals surface area contributed by atoms with Crippen molar-refractivity contribution in [2.45, 2.75) is 32.4 Å². The highest BCUT2D eigenvalue weighted by molar-refractivity contribution is 6.08. The molecule has 4 nitrogen and oxygen atoms in total. The molecule has 1 atom stereocenters. The van der Waals surface area contributed by atoms with Crippen LogP contribution in [0.2, 0.25) is 0 Å². The smallest absolute Gasteiger partial charge is 0.252 e. The Morgan fingerprint density at radius 2 is 1.81 bits per heavy atom. The van der Waals surface area contributed by atoms with E-state index in [2.05, 4.69) is 5.32 Å². The lowest BCUT2D eigenvalue weighted by Crippen LogP contribution is -2.39. The number of fused-ring (bicyclic) bond motifs is 1. The first-order valence-corrected chi connectivity index (χ1v) is 7.18. The zero-order chi connectivity index (χ0) is 15.0. The van der Waals surface area contributed by atoms with Crippen molar-refractivity contribution in [1.82, 2.24) is 4.90 Å². The number of hydrogen-bond acceptors (Lipinski definition) is 3. The molecule has 4 heteroatoms. The molecule has 2 aromatic carbocycles. The van der Waals surface area contributed by atoms with E-state index in [1.165, 1.54) is 4.90 Å². The van der Waals surface area contributed by atoms with Crippen molar-refractivity contribution in [3.8, 4) is 0 Å². The van der Waals surface area contributed by atoms with Gasteiger partial charge in [0, 0.05) is 17.1 Å². The maximum atomic E-state index is 12.3. The van der Waals surface area contributed by atoms with Crippen molar-refractivity contribution >= 4 is 28.3 Å². The van der Waals surface area contributed by atoms with Crippen LogP contribution < -0.4 is 5.32 Å². The summed E-state index contributed by atoms with van der Waals surface area (Å²) in [7, 11) is 0. The molecule has 2 aromatic rings. The lowest BCUT2D eigenvalue weighted by molar-refractivity contribution is -0.140. The standard InChI is InChI=1S/C17H18N2O2/c1-11(2)19-16(20)10-15(17(19)21)18-14-9-5-7-12-6-3-4-8-13(12)14/h3-9,11,15,18H,10H2,1-2H3. The molecule has 21 heavy (non-hydrogen) atoms. The Balaban J connectivity index is 1.90. The topological polar surface area (TPSA) is 49.4 Å². The van der Waals surface area contributed by atoms with E-state index in [1.807, 2.05) is 56.3 Å². The third-order valence-electron chi connectivity index (χ3n) is 3.82. The summed E-state index contributed by atoms with van der Waals surface area (Å²) in [5, 5.41) is 5.41. The number of nitrogens with zero attached hydrogens (tertiary/aromatic N) is 1. The molecule has 3 rings (SSSR count). The van der Waals surface area contributed by atoms with Gasteiger partial charge in [0.05, 0.1) is 6.42 Å². The minimum Gasteiger partial charge on any atom is -0.373 e. The van der Waals surface area contributed by atoms with Crippen molar-refractivity contribution in [3.63, 3.8) is 0 Å². The molecular weight excluding hydrogens is 264 g/mol. The van der Waals surface area contributed by atoms with Crippen LogP contribution in [0, 0.1) is 0 Å². The summed E-state index contributed by atoms with van der Waals surface area (Å²) in [6.45, 7) is 3.71. The maximum absolute atomic E-state index is 12.3. The van der Waals surface area contributed by atoms with Crippen LogP contribution in [0.15, 0.2) is 42.5 Å². The monoisotopic (exact) mass is 282 g/mol. The van der Waals surface area contributed by atoms with Gasteiger partial charge in [-0.3, -0.25) is 14.5 Å². The predicted molar refractivity (Wildman–Crippen MR) is 83.0 cm³/mol. The van der Waals surface area contributed by atoms with Crippen molar-refractivity contribution < 1.29 is 9.59 Å². The highest BCUT2D eigenvalue weighted by Gasteiger charge is 2.39. The van der Waals surface area contributed by atoms with Gasteiger partial charge >= 0.3 is 0 Å². The average molecular weight is 282 g/mol. The van der Waals surface area contributed by atoms with Crippen molar-refractivity contribution in [2.24, 2.45) is 0 Å². The summed E-state index contributed by atoms with van der Waals surface area (Å²) in [5.41, 5.74) is 0.893. The molecule has 108 valence electrons. The van der Waals surface area contributed by atoms with Crippen LogP contribution in [0.3, 0.4) is 0 Å². The van der Waals surface area contributed by atoms with Crippen molar-refractivity contribution in [2.75, 3.05) is 5.32 Å². The molecule has 0 bridgehead atoms. The lowest BCUT2D eigenvalue weighted by atomic mass is 10.1. The van der Waals surface area contributed by atoms with Gasteiger partial charge in [-0.2, -0.15) is 0 Å². The van der Waals surface area contributed by atoms with E-state index in [1.54, 1.807) is 0 Å². The molecule has 1 N–H and O–H groups in total. The van der Waals surface area contributed by atoms with Crippen molar-refractivity contribution in [3.05, 3.63) is 42.5 Å². The SMILES string of the molecule is CC(C)N1C(=O)CC(Nc2cccc3ccccc23)C1=O. The van der Waals surface area contributed by atoms with Gasteiger partial charge in [-0.15, -0.1) is 0 Å². The first-order chi connectivity index (χ1) is 10.1. The first-order valence-electron chi connectivity index (χ1n) is 7.18. The second-order valence-electron chi connectivity index (χ2n) is 5.62. The largest absolute Gasteiger partial charge is 0.373 e. The fourth-order valence-corrected chi connectivity index (χ4v) is 2.85. The van der Waals surface area contributed by atoms with E-state index < -0.39 is 6.04 Å². The van der Waals surface area contributed by atoms with Crippen molar-refractivity contribution in [1.29, 1.82) is 0 Å². The minimum atomic E-state index is -0.467. The second kappa shape index (κ2) is 5.20. The van der Waals surface area contributed by atoms with E-state index in [0.29, 0.717) is 0 Å². The van der Waals surface area contributed by atoms with Gasteiger partial charge in [0.2, 0.25) is 5.91 Å². The van der Waals surface area contributed by atoms with Gasteiger partial charge in [-0.1, -0.05) is 36.4 Å². The Kier molecular flexibility index (Phi) is 3.37. The Morgan fingerprint density at radius 3 is 2.52 bits per heavy atom. The average Bonchev–Trinajstić information content (AvgIpc) is 2.74. The Morgan fingerprint density at radius 1 is 1.10 bits per heavy atom. The fourth-order valence-electron chi connectivity index (χ4n) is 2.85. The lowest BCUT2D eigenvalue weighted by Gasteiger charge is -2.20. The molecule has 1 heterocycles. The zero-order valence-corrected chi connectivity index (χ0v) is 12.2. The number of carbonyl (C=O) groups excluding carboxylic acids is 2. The van der Waals surface area contributed by atoms with Crippen LogP contribution in [-0.4, -0.2) is 28.8 Å². The minimum absolute atomic E-state index is 0.0932. The van der Waals surface area contributed by atoms with Gasteiger partial charge in [-0.25, -0.2) is 0 Å².